The minimum absolute atomic E-state index is 0.0323. The second kappa shape index (κ2) is 24.1. The standard InChI is InChI=1S/C55H96O4/c1-5-9-12-17-42-22-26-44(27-23-42)46-30-34-48(35-31-46)50-19-14-38-54(40-50,58-52(56)16-8-4)55(59-53(57)21-11-7-3)39-15-20-51(41-55)49-36-32-47(33-37-49)45-28-24-43(25-29-45)18-13-10-6-2/h42-51H,5-41H2,1-4H3. The third-order valence-corrected chi connectivity index (χ3v) is 18.6. The first kappa shape index (κ1) is 47.4. The van der Waals surface area contributed by atoms with Gasteiger partial charge in [0.15, 0.2) is 11.2 Å². The van der Waals surface area contributed by atoms with Crippen molar-refractivity contribution in [3.8, 4) is 0 Å². The second-order valence-electron chi connectivity index (χ2n) is 22.4. The lowest BCUT2D eigenvalue weighted by atomic mass is 9.56. The Morgan fingerprint density at radius 1 is 0.390 bits per heavy atom. The molecule has 0 N–H and O–H groups in total. The highest BCUT2D eigenvalue weighted by Crippen LogP contribution is 2.57. The molecular formula is C55H96O4. The minimum Gasteiger partial charge on any atom is -0.455 e. The van der Waals surface area contributed by atoms with E-state index in [-0.39, 0.29) is 11.9 Å². The largest absolute Gasteiger partial charge is 0.455 e. The van der Waals surface area contributed by atoms with Gasteiger partial charge in [0.2, 0.25) is 0 Å². The molecule has 4 unspecified atom stereocenters. The van der Waals surface area contributed by atoms with Crippen LogP contribution in [-0.2, 0) is 19.1 Å². The summed E-state index contributed by atoms with van der Waals surface area (Å²) >= 11 is 0. The zero-order chi connectivity index (χ0) is 41.5. The number of carbonyl (C=O) groups excluding carboxylic acids is 2. The van der Waals surface area contributed by atoms with Crippen LogP contribution in [0, 0.1) is 59.2 Å². The van der Waals surface area contributed by atoms with Gasteiger partial charge in [-0.2, -0.15) is 0 Å². The normalized spacial score (nSPS) is 38.4. The smallest absolute Gasteiger partial charge is 0.306 e. The average molecular weight is 821 g/mol. The fourth-order valence-corrected chi connectivity index (χ4v) is 15.1. The first-order valence-corrected chi connectivity index (χ1v) is 27.2. The summed E-state index contributed by atoms with van der Waals surface area (Å²) in [5.41, 5.74) is -1.36. The SMILES string of the molecule is CCCCCC1CCC(C2CCC(C3CCCC(OC(=O)CCC)(C4(OC(=O)CCCC)CCCC(C5CCC(C6CCC(CCCCC)CC6)CC5)C4)C3)CC2)CC1. The predicted octanol–water partition coefficient (Wildman–Crippen LogP) is 16.3. The van der Waals surface area contributed by atoms with Gasteiger partial charge in [-0.3, -0.25) is 9.59 Å². The monoisotopic (exact) mass is 821 g/mol. The maximum atomic E-state index is 14.0. The Morgan fingerprint density at radius 2 is 0.729 bits per heavy atom. The first-order valence-electron chi connectivity index (χ1n) is 27.2. The lowest BCUT2D eigenvalue weighted by Crippen LogP contribution is -2.63. The van der Waals surface area contributed by atoms with Gasteiger partial charge in [-0.15, -0.1) is 0 Å². The molecule has 0 saturated heterocycles. The summed E-state index contributed by atoms with van der Waals surface area (Å²) in [5.74, 6) is 8.22. The highest BCUT2D eigenvalue weighted by molar-refractivity contribution is 5.71. The van der Waals surface area contributed by atoms with Gasteiger partial charge in [-0.1, -0.05) is 111 Å². The Hall–Kier alpha value is -1.06. The highest BCUT2D eigenvalue weighted by Gasteiger charge is 2.61. The maximum Gasteiger partial charge on any atom is 0.306 e. The summed E-state index contributed by atoms with van der Waals surface area (Å²) in [6.07, 6.45) is 46.0. The number of carbonyl (C=O) groups is 2. The van der Waals surface area contributed by atoms with E-state index >= 15 is 0 Å². The molecule has 0 heterocycles. The molecule has 59 heavy (non-hydrogen) atoms. The zero-order valence-electron chi connectivity index (χ0n) is 39.6. The van der Waals surface area contributed by atoms with Crippen LogP contribution in [0.5, 0.6) is 0 Å². The van der Waals surface area contributed by atoms with Crippen LogP contribution in [0.25, 0.3) is 0 Å². The second-order valence-corrected chi connectivity index (χ2v) is 22.4. The molecule has 0 spiro atoms. The van der Waals surface area contributed by atoms with Gasteiger partial charge in [0, 0.05) is 12.8 Å². The third kappa shape index (κ3) is 13.0. The molecular weight excluding hydrogens is 725 g/mol. The molecule has 4 nitrogen and oxygen atoms in total. The van der Waals surface area contributed by atoms with Crippen molar-refractivity contribution in [3.63, 3.8) is 0 Å². The lowest BCUT2D eigenvalue weighted by Gasteiger charge is -2.56. The van der Waals surface area contributed by atoms with E-state index in [0.717, 1.165) is 105 Å². The van der Waals surface area contributed by atoms with Gasteiger partial charge in [0.1, 0.15) is 0 Å². The summed E-state index contributed by atoms with van der Waals surface area (Å²) < 4.78 is 14.0. The van der Waals surface area contributed by atoms with Crippen molar-refractivity contribution in [3.05, 3.63) is 0 Å². The van der Waals surface area contributed by atoms with Crippen LogP contribution in [0.15, 0.2) is 0 Å². The van der Waals surface area contributed by atoms with E-state index in [0.29, 0.717) is 24.7 Å². The maximum absolute atomic E-state index is 14.0. The molecule has 6 aliphatic carbocycles. The van der Waals surface area contributed by atoms with Gasteiger partial charge in [0.05, 0.1) is 0 Å². The summed E-state index contributed by atoms with van der Waals surface area (Å²) in [6, 6.07) is 0. The van der Waals surface area contributed by atoms with E-state index in [1.54, 1.807) is 0 Å². The van der Waals surface area contributed by atoms with Crippen molar-refractivity contribution in [1.29, 1.82) is 0 Å². The van der Waals surface area contributed by atoms with Crippen LogP contribution in [0.2, 0.25) is 0 Å². The topological polar surface area (TPSA) is 52.6 Å². The number of hydrogen-bond donors (Lipinski definition) is 0. The van der Waals surface area contributed by atoms with Crippen molar-refractivity contribution in [2.45, 2.75) is 276 Å². The molecule has 6 aliphatic rings. The minimum atomic E-state index is -0.678. The van der Waals surface area contributed by atoms with Crippen LogP contribution >= 0.6 is 0 Å². The van der Waals surface area contributed by atoms with Gasteiger partial charge < -0.3 is 9.47 Å². The number of rotatable bonds is 20. The average Bonchev–Trinajstić information content (AvgIpc) is 3.27. The van der Waals surface area contributed by atoms with Gasteiger partial charge in [0.25, 0.3) is 0 Å². The lowest BCUT2D eigenvalue weighted by molar-refractivity contribution is -0.241. The Morgan fingerprint density at radius 3 is 1.08 bits per heavy atom. The van der Waals surface area contributed by atoms with Crippen molar-refractivity contribution in [2.24, 2.45) is 59.2 Å². The van der Waals surface area contributed by atoms with E-state index in [4.69, 9.17) is 9.47 Å². The molecule has 340 valence electrons. The Labute approximate surface area is 365 Å². The third-order valence-electron chi connectivity index (χ3n) is 18.6. The molecule has 4 atom stereocenters. The van der Waals surface area contributed by atoms with Crippen molar-refractivity contribution in [1.82, 2.24) is 0 Å². The molecule has 4 heteroatoms. The van der Waals surface area contributed by atoms with Gasteiger partial charge >= 0.3 is 11.9 Å². The summed E-state index contributed by atoms with van der Waals surface area (Å²) in [7, 11) is 0. The van der Waals surface area contributed by atoms with Crippen LogP contribution in [0.1, 0.15) is 265 Å². The molecule has 0 aromatic heterocycles. The molecule has 0 bridgehead atoms. The van der Waals surface area contributed by atoms with E-state index in [1.165, 1.54) is 167 Å². The van der Waals surface area contributed by atoms with E-state index in [2.05, 4.69) is 27.7 Å². The number of unbranched alkanes of at least 4 members (excludes halogenated alkanes) is 5. The predicted molar refractivity (Wildman–Crippen MR) is 246 cm³/mol. The highest BCUT2D eigenvalue weighted by atomic mass is 16.6. The van der Waals surface area contributed by atoms with Crippen molar-refractivity contribution >= 4 is 11.9 Å². The van der Waals surface area contributed by atoms with Gasteiger partial charge in [-0.05, 0) is 200 Å². The molecule has 6 saturated carbocycles. The van der Waals surface area contributed by atoms with Crippen molar-refractivity contribution < 1.29 is 19.1 Å². The van der Waals surface area contributed by atoms with E-state index in [9.17, 15) is 9.59 Å². The molecule has 0 aromatic carbocycles. The molecule has 0 aromatic rings. The Kier molecular flexibility index (Phi) is 19.4. The summed E-state index contributed by atoms with van der Waals surface area (Å²) in [6.45, 7) is 8.93. The van der Waals surface area contributed by atoms with Crippen LogP contribution < -0.4 is 0 Å². The quantitative estimate of drug-likeness (QED) is 0.0907. The Bertz CT molecular complexity index is 1200. The number of ether oxygens (including phenoxy) is 2. The van der Waals surface area contributed by atoms with Crippen LogP contribution in [-0.4, -0.2) is 23.1 Å². The van der Waals surface area contributed by atoms with E-state index in [1.807, 2.05) is 0 Å². The van der Waals surface area contributed by atoms with Crippen molar-refractivity contribution in [2.75, 3.05) is 0 Å². The fourth-order valence-electron chi connectivity index (χ4n) is 15.1. The fraction of sp³-hybridized carbons (Fsp3) is 0.964. The summed E-state index contributed by atoms with van der Waals surface area (Å²) in [5, 5.41) is 0. The number of esters is 2. The van der Waals surface area contributed by atoms with E-state index < -0.39 is 11.2 Å². The Balaban J connectivity index is 1.12. The number of hydrogen-bond acceptors (Lipinski definition) is 4. The molecule has 6 fully saturated rings. The zero-order valence-corrected chi connectivity index (χ0v) is 39.6. The van der Waals surface area contributed by atoms with Gasteiger partial charge in [-0.25, -0.2) is 0 Å². The van der Waals surface area contributed by atoms with Crippen LogP contribution in [0.4, 0.5) is 0 Å². The molecule has 0 aliphatic heterocycles. The first-order chi connectivity index (χ1) is 28.8. The summed E-state index contributed by atoms with van der Waals surface area (Å²) in [4.78, 5) is 27.8. The molecule has 0 amide bonds. The van der Waals surface area contributed by atoms with Crippen LogP contribution in [0.3, 0.4) is 0 Å². The molecule has 0 radical (unpaired) electrons. The molecule has 6 rings (SSSR count).